The number of hydrogen-bond acceptors (Lipinski definition) is 7. The summed E-state index contributed by atoms with van der Waals surface area (Å²) in [6.07, 6.45) is -0.679. The lowest BCUT2D eigenvalue weighted by Gasteiger charge is -2.33. The van der Waals surface area contributed by atoms with Gasteiger partial charge in [-0.15, -0.1) is 0 Å². The smallest absolute Gasteiger partial charge is 0.407 e. The van der Waals surface area contributed by atoms with Gasteiger partial charge in [0.25, 0.3) is 11.8 Å². The molecule has 5 N–H and O–H groups in total. The average Bonchev–Trinajstić information content (AvgIpc) is 3.34. The summed E-state index contributed by atoms with van der Waals surface area (Å²) in [4.78, 5) is 39.5. The highest BCUT2D eigenvalue weighted by Crippen LogP contribution is 2.32. The molecule has 0 saturated carbocycles. The van der Waals surface area contributed by atoms with Gasteiger partial charge in [0, 0.05) is 31.0 Å². The molecule has 0 aliphatic heterocycles. The van der Waals surface area contributed by atoms with Crippen molar-refractivity contribution in [1.82, 2.24) is 21.1 Å². The zero-order chi connectivity index (χ0) is 34.2. The minimum Gasteiger partial charge on any atom is -0.453 e. The molecule has 1 aliphatic rings. The van der Waals surface area contributed by atoms with Crippen LogP contribution in [0.25, 0.3) is 0 Å². The molecule has 0 radical (unpaired) electrons. The number of hydrogen-bond donors (Lipinski definition) is 5. The highest BCUT2D eigenvalue weighted by atomic mass is 35.5. The van der Waals surface area contributed by atoms with Crippen molar-refractivity contribution < 1.29 is 29.3 Å². The molecule has 3 aromatic carbocycles. The first-order valence-electron chi connectivity index (χ1n) is 15.8. The van der Waals surface area contributed by atoms with Gasteiger partial charge in [0.1, 0.15) is 11.6 Å². The fraction of sp³-hybridized carbons (Fsp3) is 0.417. The van der Waals surface area contributed by atoms with Gasteiger partial charge >= 0.3 is 6.09 Å². The van der Waals surface area contributed by atoms with Crippen LogP contribution in [0.5, 0.6) is 0 Å². The Morgan fingerprint density at radius 3 is 2.30 bits per heavy atom. The first kappa shape index (κ1) is 35.9. The van der Waals surface area contributed by atoms with E-state index in [9.17, 15) is 24.6 Å². The Morgan fingerprint density at radius 1 is 0.979 bits per heavy atom. The third kappa shape index (κ3) is 9.77. The summed E-state index contributed by atoms with van der Waals surface area (Å²) in [5.41, 5.74) is 3.93. The Morgan fingerprint density at radius 2 is 1.64 bits per heavy atom. The number of alkyl carbamates (subject to hydrolysis) is 1. The molecule has 47 heavy (non-hydrogen) atoms. The van der Waals surface area contributed by atoms with Crippen LogP contribution < -0.4 is 16.1 Å². The molecule has 252 valence electrons. The van der Waals surface area contributed by atoms with Gasteiger partial charge in [-0.2, -0.15) is 0 Å². The molecule has 10 nitrogen and oxygen atoms in total. The van der Waals surface area contributed by atoms with Crippen molar-refractivity contribution in [3.05, 3.63) is 106 Å². The molecule has 11 heteroatoms. The highest BCUT2D eigenvalue weighted by molar-refractivity contribution is 6.30. The lowest BCUT2D eigenvalue weighted by Crippen LogP contribution is -2.57. The number of fused-ring (bicyclic) bond motifs is 1. The van der Waals surface area contributed by atoms with E-state index >= 15 is 0 Å². The largest absolute Gasteiger partial charge is 0.453 e. The van der Waals surface area contributed by atoms with Crippen molar-refractivity contribution in [3.63, 3.8) is 0 Å². The van der Waals surface area contributed by atoms with Gasteiger partial charge in [0.05, 0.1) is 19.3 Å². The Hall–Kier alpha value is -3.96. The summed E-state index contributed by atoms with van der Waals surface area (Å²) in [5.74, 6) is -1.02. The Kier molecular flexibility index (Phi) is 12.0. The van der Waals surface area contributed by atoms with E-state index < -0.39 is 47.1 Å². The number of methoxy groups -OCH3 is 1. The Balaban J connectivity index is 1.53. The number of aliphatic hydroxyl groups is 2. The van der Waals surface area contributed by atoms with Crippen LogP contribution in [0, 0.1) is 5.41 Å². The molecule has 0 fully saturated rings. The summed E-state index contributed by atoms with van der Waals surface area (Å²) < 4.78 is 4.75. The molecule has 3 amide bonds. The lowest BCUT2D eigenvalue weighted by molar-refractivity contribution is -0.142. The SMILES string of the molecule is COC(=O)N[C@H](C(=O)NN(CCC[C@@](O)(Cc1ccccc1)C(=O)N[C@H]1c2ccccc2C[C@H]1O)Cc1ccc(Cl)cc1)C(C)(C)C. The number of carbonyl (C=O) groups is 3. The number of nitrogens with one attached hydrogen (secondary N) is 3. The molecular formula is C36H45ClN4O6. The van der Waals surface area contributed by atoms with Crippen LogP contribution in [-0.4, -0.2) is 64.5 Å². The highest BCUT2D eigenvalue weighted by Gasteiger charge is 2.40. The first-order chi connectivity index (χ1) is 22.3. The quantitative estimate of drug-likeness (QED) is 0.170. The first-order valence-corrected chi connectivity index (χ1v) is 16.1. The van der Waals surface area contributed by atoms with Crippen molar-refractivity contribution in [3.8, 4) is 0 Å². The van der Waals surface area contributed by atoms with E-state index in [0.29, 0.717) is 24.4 Å². The summed E-state index contributed by atoms with van der Waals surface area (Å²) >= 11 is 6.10. The monoisotopic (exact) mass is 664 g/mol. The van der Waals surface area contributed by atoms with Crippen LogP contribution in [0.3, 0.4) is 0 Å². The van der Waals surface area contributed by atoms with E-state index in [1.54, 1.807) is 17.1 Å². The third-order valence-corrected chi connectivity index (χ3v) is 8.65. The van der Waals surface area contributed by atoms with E-state index in [1.807, 2.05) is 87.5 Å². The fourth-order valence-electron chi connectivity index (χ4n) is 5.86. The molecule has 0 aromatic heterocycles. The predicted octanol–water partition coefficient (Wildman–Crippen LogP) is 4.47. The molecule has 0 saturated heterocycles. The minimum absolute atomic E-state index is 0.0584. The van der Waals surface area contributed by atoms with Crippen molar-refractivity contribution in [1.29, 1.82) is 0 Å². The molecule has 0 unspecified atom stereocenters. The van der Waals surface area contributed by atoms with Crippen LogP contribution in [0.1, 0.15) is 61.9 Å². The number of amides is 3. The van der Waals surface area contributed by atoms with Crippen LogP contribution in [0.15, 0.2) is 78.9 Å². The van der Waals surface area contributed by atoms with E-state index in [1.165, 1.54) is 7.11 Å². The zero-order valence-electron chi connectivity index (χ0n) is 27.3. The summed E-state index contributed by atoms with van der Waals surface area (Å²) in [6, 6.07) is 22.5. The lowest BCUT2D eigenvalue weighted by atomic mass is 9.86. The number of carbonyl (C=O) groups excluding carboxylic acids is 3. The van der Waals surface area contributed by atoms with Gasteiger partial charge in [0.15, 0.2) is 0 Å². The second-order valence-corrected chi connectivity index (χ2v) is 13.6. The summed E-state index contributed by atoms with van der Waals surface area (Å²) in [5, 5.41) is 30.6. The molecule has 1 aliphatic carbocycles. The van der Waals surface area contributed by atoms with Gasteiger partial charge in [0.2, 0.25) is 0 Å². The molecule has 4 atom stereocenters. The number of nitrogens with zero attached hydrogens (tertiary/aromatic N) is 1. The van der Waals surface area contributed by atoms with Gasteiger partial charge in [-0.25, -0.2) is 9.80 Å². The van der Waals surface area contributed by atoms with E-state index in [-0.39, 0.29) is 19.4 Å². The van der Waals surface area contributed by atoms with Crippen LogP contribution in [0.4, 0.5) is 4.79 Å². The number of hydrazine groups is 1. The van der Waals surface area contributed by atoms with E-state index in [0.717, 1.165) is 22.3 Å². The maximum absolute atomic E-state index is 13.9. The third-order valence-electron chi connectivity index (χ3n) is 8.40. The number of halogens is 1. The van der Waals surface area contributed by atoms with Crippen molar-refractivity contribution in [2.24, 2.45) is 5.41 Å². The van der Waals surface area contributed by atoms with Crippen molar-refractivity contribution in [2.75, 3.05) is 13.7 Å². The maximum atomic E-state index is 13.9. The second-order valence-electron chi connectivity index (χ2n) is 13.2. The average molecular weight is 665 g/mol. The van der Waals surface area contributed by atoms with Crippen LogP contribution >= 0.6 is 11.6 Å². The number of aliphatic hydroxyl groups excluding tert-OH is 1. The van der Waals surface area contributed by atoms with Gasteiger partial charge in [-0.05, 0) is 52.6 Å². The molecule has 3 aromatic rings. The number of rotatable bonds is 13. The molecular weight excluding hydrogens is 620 g/mol. The fourth-order valence-corrected chi connectivity index (χ4v) is 5.98. The Labute approximate surface area is 281 Å². The number of benzene rings is 3. The van der Waals surface area contributed by atoms with Crippen LogP contribution in [-0.2, 0) is 33.7 Å². The summed E-state index contributed by atoms with van der Waals surface area (Å²) in [7, 11) is 1.23. The van der Waals surface area contributed by atoms with E-state index in [4.69, 9.17) is 16.3 Å². The second kappa shape index (κ2) is 15.8. The molecule has 4 rings (SSSR count). The summed E-state index contributed by atoms with van der Waals surface area (Å²) in [6.45, 7) is 6.06. The molecule has 0 spiro atoms. The normalized spacial score (nSPS) is 17.7. The standard InChI is InChI=1S/C36H45ClN4O6/c1-35(2,3)31(39-34(45)47-4)32(43)40-41(23-25-15-17-27(37)18-16-25)20-10-19-36(46,22-24-11-6-5-7-12-24)33(44)38-30-28-14-9-8-13-26(28)21-29(30)42/h5-9,11-18,29-31,42,46H,10,19-23H2,1-4H3,(H,38,44)(H,39,45)(H,40,43)/t29-,30+,31-,36-/m1/s1. The van der Waals surface area contributed by atoms with Crippen LogP contribution in [0.2, 0.25) is 5.02 Å². The number of ether oxygens (including phenoxy) is 1. The zero-order valence-corrected chi connectivity index (χ0v) is 28.1. The van der Waals surface area contributed by atoms with Gasteiger partial charge < -0.3 is 25.6 Å². The van der Waals surface area contributed by atoms with Gasteiger partial charge in [-0.3, -0.25) is 15.0 Å². The van der Waals surface area contributed by atoms with Gasteiger partial charge in [-0.1, -0.05) is 99.1 Å². The minimum atomic E-state index is -1.81. The topological polar surface area (TPSA) is 140 Å². The Bertz CT molecular complexity index is 1510. The molecule has 0 heterocycles. The van der Waals surface area contributed by atoms with Crippen molar-refractivity contribution >= 4 is 29.5 Å². The van der Waals surface area contributed by atoms with E-state index in [2.05, 4.69) is 16.1 Å². The molecule has 0 bridgehead atoms. The predicted molar refractivity (Wildman–Crippen MR) is 180 cm³/mol. The van der Waals surface area contributed by atoms with Crippen molar-refractivity contribution in [2.45, 2.75) is 76.8 Å². The maximum Gasteiger partial charge on any atom is 0.407 e.